The maximum atomic E-state index is 13.0. The van der Waals surface area contributed by atoms with Crippen LogP contribution in [0.1, 0.15) is 28.8 Å². The molecule has 1 aliphatic rings. The Morgan fingerprint density at radius 2 is 1.64 bits per heavy atom. The van der Waals surface area contributed by atoms with Crippen LogP contribution in [0.15, 0.2) is 96.8 Å². The summed E-state index contributed by atoms with van der Waals surface area (Å²) in [6.45, 7) is 0. The molecule has 0 radical (unpaired) electrons. The van der Waals surface area contributed by atoms with Gasteiger partial charge in [-0.25, -0.2) is 0 Å². The van der Waals surface area contributed by atoms with Crippen LogP contribution in [-0.2, 0) is 20.7 Å². The van der Waals surface area contributed by atoms with Crippen LogP contribution in [0.5, 0.6) is 5.75 Å². The van der Waals surface area contributed by atoms with Gasteiger partial charge in [0.05, 0.1) is 7.11 Å². The molecule has 0 fully saturated rings. The molecule has 0 saturated heterocycles. The van der Waals surface area contributed by atoms with E-state index in [9.17, 15) is 14.4 Å². The maximum absolute atomic E-state index is 13.0. The van der Waals surface area contributed by atoms with Crippen molar-refractivity contribution in [3.8, 4) is 5.75 Å². The molecule has 3 aromatic rings. The molecule has 0 aliphatic heterocycles. The number of carbonyl (C=O) groups is 3. The van der Waals surface area contributed by atoms with Crippen molar-refractivity contribution in [3.63, 3.8) is 0 Å². The number of allylic oxidation sites excluding steroid dienone is 2. The molecule has 7 heteroatoms. The molecule has 1 N–H and O–H groups in total. The first kappa shape index (κ1) is 25.4. The Balaban J connectivity index is 1.38. The molecule has 0 aromatic heterocycles. The van der Waals surface area contributed by atoms with Crippen molar-refractivity contribution in [3.05, 3.63) is 108 Å². The molecule has 1 amide bonds. The van der Waals surface area contributed by atoms with Gasteiger partial charge in [0, 0.05) is 5.56 Å². The average Bonchev–Trinajstić information content (AvgIpc) is 2.92. The van der Waals surface area contributed by atoms with E-state index in [-0.39, 0.29) is 37.9 Å². The van der Waals surface area contributed by atoms with E-state index in [1.807, 2.05) is 42.5 Å². The predicted molar refractivity (Wildman–Crippen MR) is 138 cm³/mol. The molecule has 36 heavy (non-hydrogen) atoms. The smallest absolute Gasteiger partial charge is 0.269 e. The fourth-order valence-corrected chi connectivity index (χ4v) is 6.20. The summed E-state index contributed by atoms with van der Waals surface area (Å²) in [6, 6.07) is 25.1. The van der Waals surface area contributed by atoms with Crippen molar-refractivity contribution in [1.82, 2.24) is 5.32 Å². The van der Waals surface area contributed by atoms with Gasteiger partial charge in [-0.3, -0.25) is 4.79 Å². The normalized spacial score (nSPS) is 16.0. The number of methoxy groups -OCH3 is 1. The topological polar surface area (TPSA) is 81.7 Å². The summed E-state index contributed by atoms with van der Waals surface area (Å²) in [4.78, 5) is 37.8. The number of esters is 1. The van der Waals surface area contributed by atoms with Crippen molar-refractivity contribution in [2.75, 3.05) is 7.11 Å². The fourth-order valence-electron chi connectivity index (χ4n) is 3.85. The van der Waals surface area contributed by atoms with Gasteiger partial charge in [-0.05, 0) is 12.1 Å². The minimum Gasteiger partial charge on any atom is -0.269 e. The van der Waals surface area contributed by atoms with Gasteiger partial charge in [0.15, 0.2) is 0 Å². The second-order valence-corrected chi connectivity index (χ2v) is 11.0. The average molecular weight is 548 g/mol. The third-order valence-corrected chi connectivity index (χ3v) is 8.42. The fraction of sp³-hybridized carbons (Fsp3) is 0.207. The molecule has 0 heterocycles. The molecule has 2 atom stereocenters. The van der Waals surface area contributed by atoms with Gasteiger partial charge in [-0.1, -0.05) is 18.2 Å². The summed E-state index contributed by atoms with van der Waals surface area (Å²) in [7, 11) is 1.29. The van der Waals surface area contributed by atoms with E-state index in [0.717, 1.165) is 18.4 Å². The summed E-state index contributed by atoms with van der Waals surface area (Å²) in [5.41, 5.74) is 1.29. The molecule has 0 saturated carbocycles. The Hall–Kier alpha value is -3.67. The number of benzene rings is 3. The molecule has 6 nitrogen and oxygen atoms in total. The third kappa shape index (κ3) is 6.72. The van der Waals surface area contributed by atoms with Gasteiger partial charge in [-0.15, -0.1) is 0 Å². The number of carbonyl (C=O) groups excluding carboxylic acids is 3. The van der Waals surface area contributed by atoms with Crippen LogP contribution in [-0.4, -0.2) is 45.8 Å². The van der Waals surface area contributed by atoms with E-state index in [1.165, 1.54) is 11.6 Å². The standard InChI is InChI=1S/C29H27NO5Se/c1-34-29(33)24(30-28(32)21-9-4-2-5-10-21)19-20-15-17-22(18-16-20)35-25-13-8-14-26(27(25)31)36-23-11-6-3-7-12-23/h2-7,9-13,15-18,24,26H,8,14,19H2,1H3,(H,30,32). The van der Waals surface area contributed by atoms with E-state index in [1.54, 1.807) is 36.4 Å². The minimum atomic E-state index is -0.835. The van der Waals surface area contributed by atoms with Crippen LogP contribution in [0.4, 0.5) is 0 Å². The Labute approximate surface area is 216 Å². The molecule has 184 valence electrons. The molecule has 3 aromatic carbocycles. The number of ether oxygens (including phenoxy) is 2. The molecule has 2 unspecified atom stereocenters. The first-order valence-electron chi connectivity index (χ1n) is 11.7. The third-order valence-electron chi connectivity index (χ3n) is 5.73. The summed E-state index contributed by atoms with van der Waals surface area (Å²) in [6.07, 6.45) is 3.76. The van der Waals surface area contributed by atoms with Gasteiger partial charge in [0.1, 0.15) is 0 Å². The van der Waals surface area contributed by atoms with Gasteiger partial charge < -0.3 is 0 Å². The first-order valence-corrected chi connectivity index (χ1v) is 13.5. The van der Waals surface area contributed by atoms with Crippen LogP contribution in [0.25, 0.3) is 0 Å². The van der Waals surface area contributed by atoms with Crippen molar-refractivity contribution in [2.45, 2.75) is 30.1 Å². The number of hydrogen-bond acceptors (Lipinski definition) is 5. The Morgan fingerprint density at radius 3 is 2.31 bits per heavy atom. The second-order valence-electron chi connectivity index (χ2n) is 8.29. The van der Waals surface area contributed by atoms with Crippen LogP contribution in [0, 0.1) is 0 Å². The molecule has 0 spiro atoms. The molecule has 1 aliphatic carbocycles. The zero-order valence-corrected chi connectivity index (χ0v) is 21.6. The number of rotatable bonds is 9. The Morgan fingerprint density at radius 1 is 0.972 bits per heavy atom. The molecular weight excluding hydrogens is 521 g/mol. The van der Waals surface area contributed by atoms with Crippen LogP contribution >= 0.6 is 0 Å². The first-order chi connectivity index (χ1) is 17.5. The molecule has 0 bridgehead atoms. The summed E-state index contributed by atoms with van der Waals surface area (Å²) >= 11 is 0.0537. The Bertz CT molecular complexity index is 1230. The van der Waals surface area contributed by atoms with Gasteiger partial charge in [0.25, 0.3) is 0 Å². The monoisotopic (exact) mass is 549 g/mol. The van der Waals surface area contributed by atoms with Crippen LogP contribution < -0.4 is 14.5 Å². The van der Waals surface area contributed by atoms with Crippen molar-refractivity contribution in [1.29, 1.82) is 0 Å². The zero-order chi connectivity index (χ0) is 25.3. The van der Waals surface area contributed by atoms with Crippen LogP contribution in [0.3, 0.4) is 0 Å². The van der Waals surface area contributed by atoms with Gasteiger partial charge in [-0.2, -0.15) is 0 Å². The number of Topliss-reactive ketones (excluding diaryl/α,β-unsaturated/α-hetero) is 1. The number of ketones is 1. The molecular formula is C29H27NO5Se. The van der Waals surface area contributed by atoms with E-state index < -0.39 is 12.0 Å². The predicted octanol–water partition coefficient (Wildman–Crippen LogP) is 3.64. The van der Waals surface area contributed by atoms with E-state index >= 15 is 0 Å². The van der Waals surface area contributed by atoms with Gasteiger partial charge in [0.2, 0.25) is 0 Å². The van der Waals surface area contributed by atoms with E-state index in [2.05, 4.69) is 17.4 Å². The number of amides is 1. The number of nitrogens with one attached hydrogen (secondary N) is 1. The number of hydrogen-bond donors (Lipinski definition) is 1. The van der Waals surface area contributed by atoms with Gasteiger partial charge >= 0.3 is 169 Å². The van der Waals surface area contributed by atoms with E-state index in [4.69, 9.17) is 9.47 Å². The van der Waals surface area contributed by atoms with E-state index in [0.29, 0.717) is 17.1 Å². The van der Waals surface area contributed by atoms with Crippen molar-refractivity contribution in [2.24, 2.45) is 0 Å². The molecule has 4 rings (SSSR count). The summed E-state index contributed by atoms with van der Waals surface area (Å²) in [5, 5.41) is 2.75. The SMILES string of the molecule is COC(=O)C(Cc1ccc(OC2=CCCC([Se]c3ccccc3)C2=O)cc1)NC(=O)c1ccccc1. The second kappa shape index (κ2) is 12.3. The Kier molecular flexibility index (Phi) is 8.71. The van der Waals surface area contributed by atoms with Crippen LogP contribution in [0.2, 0.25) is 4.82 Å². The zero-order valence-electron chi connectivity index (χ0n) is 19.9. The quantitative estimate of drug-likeness (QED) is 0.326. The summed E-state index contributed by atoms with van der Waals surface area (Å²) < 4.78 is 12.0. The van der Waals surface area contributed by atoms with Crippen molar-refractivity contribution < 1.29 is 23.9 Å². The van der Waals surface area contributed by atoms with Crippen molar-refractivity contribution >= 4 is 37.1 Å². The minimum absolute atomic E-state index is 0.0341. The summed E-state index contributed by atoms with van der Waals surface area (Å²) in [5.74, 6) is 0.112.